The fourth-order valence-corrected chi connectivity index (χ4v) is 4.09. The largest absolute Gasteiger partial charge is 0.494 e. The van der Waals surface area contributed by atoms with E-state index in [9.17, 15) is 22.8 Å². The van der Waals surface area contributed by atoms with Crippen LogP contribution in [0.1, 0.15) is 47.7 Å². The zero-order valence-electron chi connectivity index (χ0n) is 20.3. The number of ether oxygens (including phenoxy) is 2. The van der Waals surface area contributed by atoms with E-state index in [1.54, 1.807) is 13.0 Å². The minimum Gasteiger partial charge on any atom is -0.494 e. The minimum atomic E-state index is -4.64. The van der Waals surface area contributed by atoms with Crippen molar-refractivity contribution in [2.24, 2.45) is 11.7 Å². The predicted molar refractivity (Wildman–Crippen MR) is 126 cm³/mol. The van der Waals surface area contributed by atoms with Crippen molar-refractivity contribution in [1.29, 1.82) is 0 Å². The number of amides is 2. The number of nitrogens with one attached hydrogen (secondary N) is 2. The number of nitrogens with zero attached hydrogens (tertiary/aromatic N) is 2. The first-order valence-corrected chi connectivity index (χ1v) is 11.5. The fraction of sp³-hybridized carbons (Fsp3) is 0.417. The standard InChI is InChI=1S/C24H26F3N5O5/c1-11(28)20-19(21(33)30-10-12-8-13(9-12)36-23(34)29-2)32-22(37-20)15-4-6-16(35-3)18-14(15)5-7-17(31-18)24(25,26)27/h4-7,11-13H,8-10,28H2,1-3H3,(H,29,34)(H,30,33)/t11-,12-,13+/m0/s1. The molecule has 2 aromatic heterocycles. The molecule has 1 atom stereocenters. The number of rotatable bonds is 7. The molecule has 4 N–H and O–H groups in total. The van der Waals surface area contributed by atoms with Gasteiger partial charge in [-0.15, -0.1) is 0 Å². The molecular formula is C24H26F3N5O5. The highest BCUT2D eigenvalue weighted by atomic mass is 19.4. The Balaban J connectivity index is 1.58. The maximum Gasteiger partial charge on any atom is 0.433 e. The quantitative estimate of drug-likeness (QED) is 0.426. The SMILES string of the molecule is CNC(=O)O[C@H]1C[C@@H](CNC(=O)c2nc(-c3ccc(OC)c4nc(C(F)(F)F)ccc34)oc2[C@H](C)N)C1. The lowest BCUT2D eigenvalue weighted by atomic mass is 9.82. The molecule has 3 aromatic rings. The second-order valence-corrected chi connectivity index (χ2v) is 8.75. The molecule has 2 heterocycles. The van der Waals surface area contributed by atoms with Gasteiger partial charge >= 0.3 is 12.3 Å². The van der Waals surface area contributed by atoms with Crippen LogP contribution in [0.25, 0.3) is 22.4 Å². The average Bonchev–Trinajstić information content (AvgIpc) is 3.29. The molecule has 0 saturated heterocycles. The Kier molecular flexibility index (Phi) is 7.25. The second-order valence-electron chi connectivity index (χ2n) is 8.75. The predicted octanol–water partition coefficient (Wildman–Crippen LogP) is 3.80. The van der Waals surface area contributed by atoms with Gasteiger partial charge in [0.05, 0.1) is 13.2 Å². The number of oxazole rings is 1. The average molecular weight is 521 g/mol. The molecular weight excluding hydrogens is 495 g/mol. The topological polar surface area (TPSA) is 142 Å². The Morgan fingerprint density at radius 3 is 2.57 bits per heavy atom. The molecule has 0 aliphatic heterocycles. The molecule has 0 radical (unpaired) electrons. The number of carbonyl (C=O) groups is 2. The van der Waals surface area contributed by atoms with Crippen LogP contribution in [-0.4, -0.2) is 48.8 Å². The minimum absolute atomic E-state index is 0.00866. The van der Waals surface area contributed by atoms with E-state index in [0.29, 0.717) is 30.3 Å². The Morgan fingerprint density at radius 2 is 1.95 bits per heavy atom. The molecule has 1 aliphatic carbocycles. The van der Waals surface area contributed by atoms with Crippen molar-refractivity contribution in [2.45, 2.75) is 38.1 Å². The van der Waals surface area contributed by atoms with Crippen molar-refractivity contribution in [3.63, 3.8) is 0 Å². The smallest absolute Gasteiger partial charge is 0.433 e. The Morgan fingerprint density at radius 1 is 1.22 bits per heavy atom. The summed E-state index contributed by atoms with van der Waals surface area (Å²) in [5.41, 5.74) is 5.22. The molecule has 10 nitrogen and oxygen atoms in total. The molecule has 198 valence electrons. The maximum atomic E-state index is 13.2. The van der Waals surface area contributed by atoms with Crippen LogP contribution in [0, 0.1) is 5.92 Å². The van der Waals surface area contributed by atoms with E-state index in [-0.39, 0.29) is 40.6 Å². The van der Waals surface area contributed by atoms with Gasteiger partial charge in [-0.3, -0.25) is 4.79 Å². The number of alkyl carbamates (subject to hydrolysis) is 1. The van der Waals surface area contributed by atoms with E-state index < -0.39 is 29.9 Å². The third-order valence-electron chi connectivity index (χ3n) is 6.06. The third kappa shape index (κ3) is 5.45. The lowest BCUT2D eigenvalue weighted by Gasteiger charge is -2.34. The zero-order valence-corrected chi connectivity index (χ0v) is 20.3. The van der Waals surface area contributed by atoms with Crippen molar-refractivity contribution in [3.05, 3.63) is 41.4 Å². The number of carbonyl (C=O) groups excluding carboxylic acids is 2. The number of methoxy groups -OCH3 is 1. The number of fused-ring (bicyclic) bond motifs is 1. The summed E-state index contributed by atoms with van der Waals surface area (Å²) < 4.78 is 55.9. The van der Waals surface area contributed by atoms with E-state index in [1.807, 2.05) is 0 Å². The second kappa shape index (κ2) is 10.2. The summed E-state index contributed by atoms with van der Waals surface area (Å²) >= 11 is 0. The first kappa shape index (κ1) is 26.2. The van der Waals surface area contributed by atoms with E-state index in [4.69, 9.17) is 19.6 Å². The molecule has 0 unspecified atom stereocenters. The number of benzene rings is 1. The molecule has 1 fully saturated rings. The van der Waals surface area contributed by atoms with E-state index in [1.165, 1.54) is 26.3 Å². The van der Waals surface area contributed by atoms with Crippen molar-refractivity contribution in [2.75, 3.05) is 20.7 Å². The summed E-state index contributed by atoms with van der Waals surface area (Å²) in [6.45, 7) is 1.96. The summed E-state index contributed by atoms with van der Waals surface area (Å²) in [4.78, 5) is 32.3. The highest BCUT2D eigenvalue weighted by Crippen LogP contribution is 2.37. The molecule has 1 saturated carbocycles. The first-order valence-electron chi connectivity index (χ1n) is 11.5. The van der Waals surface area contributed by atoms with E-state index in [2.05, 4.69) is 20.6 Å². The summed E-state index contributed by atoms with van der Waals surface area (Å²) in [5.74, 6) is -0.0995. The molecule has 0 bridgehead atoms. The van der Waals surface area contributed by atoms with Crippen molar-refractivity contribution in [3.8, 4) is 17.2 Å². The lowest BCUT2D eigenvalue weighted by molar-refractivity contribution is -0.140. The fourth-order valence-electron chi connectivity index (χ4n) is 4.09. The van der Waals surface area contributed by atoms with Crippen LogP contribution >= 0.6 is 0 Å². The van der Waals surface area contributed by atoms with Gasteiger partial charge in [-0.25, -0.2) is 14.8 Å². The summed E-state index contributed by atoms with van der Waals surface area (Å²) in [7, 11) is 2.80. The number of alkyl halides is 3. The maximum absolute atomic E-state index is 13.2. The van der Waals surface area contributed by atoms with Crippen LogP contribution in [0.2, 0.25) is 0 Å². The summed E-state index contributed by atoms with van der Waals surface area (Å²) in [5, 5.41) is 5.48. The Bertz CT molecular complexity index is 1320. The van der Waals surface area contributed by atoms with Crippen LogP contribution in [-0.2, 0) is 10.9 Å². The molecule has 37 heavy (non-hydrogen) atoms. The van der Waals surface area contributed by atoms with Gasteiger partial charge in [-0.1, -0.05) is 0 Å². The molecule has 4 rings (SSSR count). The van der Waals surface area contributed by atoms with Crippen LogP contribution in [0.15, 0.2) is 28.7 Å². The van der Waals surface area contributed by atoms with Gasteiger partial charge in [0.15, 0.2) is 11.5 Å². The van der Waals surface area contributed by atoms with Crippen molar-refractivity contribution >= 4 is 22.9 Å². The zero-order chi connectivity index (χ0) is 26.9. The summed E-state index contributed by atoms with van der Waals surface area (Å²) in [6, 6.07) is 4.44. The molecule has 1 aromatic carbocycles. The van der Waals surface area contributed by atoms with Crippen molar-refractivity contribution < 1.29 is 36.7 Å². The number of hydrogen-bond donors (Lipinski definition) is 3. The van der Waals surface area contributed by atoms with Crippen molar-refractivity contribution in [1.82, 2.24) is 20.6 Å². The Hall–Kier alpha value is -3.87. The van der Waals surface area contributed by atoms with Gasteiger partial charge in [0.1, 0.15) is 23.1 Å². The van der Waals surface area contributed by atoms with E-state index >= 15 is 0 Å². The van der Waals surface area contributed by atoms with Crippen LogP contribution in [0.5, 0.6) is 5.75 Å². The van der Waals surface area contributed by atoms with Crippen LogP contribution in [0.3, 0.4) is 0 Å². The van der Waals surface area contributed by atoms with Gasteiger partial charge in [0, 0.05) is 24.5 Å². The van der Waals surface area contributed by atoms with Gasteiger partial charge in [0.2, 0.25) is 5.89 Å². The number of halogens is 3. The number of nitrogens with two attached hydrogens (primary N) is 1. The molecule has 2 amide bonds. The van der Waals surface area contributed by atoms with Gasteiger partial charge < -0.3 is 30.3 Å². The highest BCUT2D eigenvalue weighted by molar-refractivity contribution is 5.98. The monoisotopic (exact) mass is 521 g/mol. The van der Waals surface area contributed by atoms with Crippen LogP contribution < -0.4 is 21.1 Å². The first-order chi connectivity index (χ1) is 17.5. The normalized spacial score (nSPS) is 18.1. The Labute approximate surface area is 209 Å². The van der Waals surface area contributed by atoms with Gasteiger partial charge in [0.25, 0.3) is 5.91 Å². The number of pyridine rings is 1. The number of hydrogen-bond acceptors (Lipinski definition) is 8. The van der Waals surface area contributed by atoms with Gasteiger partial charge in [-0.2, -0.15) is 13.2 Å². The molecule has 1 aliphatic rings. The summed E-state index contributed by atoms with van der Waals surface area (Å²) in [6.07, 6.45) is -4.11. The van der Waals surface area contributed by atoms with E-state index in [0.717, 1.165) is 6.07 Å². The number of aromatic nitrogens is 2. The lowest BCUT2D eigenvalue weighted by Crippen LogP contribution is -2.42. The molecule has 0 spiro atoms. The van der Waals surface area contributed by atoms with Crippen LogP contribution in [0.4, 0.5) is 18.0 Å². The third-order valence-corrected chi connectivity index (χ3v) is 6.06. The molecule has 13 heteroatoms. The highest BCUT2D eigenvalue weighted by Gasteiger charge is 2.34. The van der Waals surface area contributed by atoms with Gasteiger partial charge in [-0.05, 0) is 49.9 Å².